The first-order chi connectivity index (χ1) is 37.7. The SMILES string of the molecule is C1=CCCC(C2(c3ccccc3)c3ccccc3-c3ccc(N(c4ccc(C5(c6ccccc6)c6ccccc6-c6ccccc65)cc4)c4ccc5c(c4)-c4ccccc4C5(c4ccccc4)c4ccccc4)cc32)=C1. The fourth-order valence-corrected chi connectivity index (χ4v) is 14.4. The van der Waals surface area contributed by atoms with Crippen molar-refractivity contribution in [3.63, 3.8) is 0 Å². The van der Waals surface area contributed by atoms with Gasteiger partial charge in [-0.3, -0.25) is 0 Å². The van der Waals surface area contributed by atoms with Crippen LogP contribution in [0, 0.1) is 0 Å². The monoisotopic (exact) mass is 967 g/mol. The second-order valence-corrected chi connectivity index (χ2v) is 20.9. The van der Waals surface area contributed by atoms with E-state index in [1.165, 1.54) is 100 Å². The lowest BCUT2D eigenvalue weighted by Crippen LogP contribution is -2.30. The number of anilines is 3. The highest BCUT2D eigenvalue weighted by Gasteiger charge is 2.50. The minimum atomic E-state index is -0.510. The predicted octanol–water partition coefficient (Wildman–Crippen LogP) is 18.5. The number of allylic oxidation sites excluding steroid dienone is 4. The van der Waals surface area contributed by atoms with Crippen LogP contribution in [0.4, 0.5) is 17.1 Å². The lowest BCUT2D eigenvalue weighted by atomic mass is 9.65. The van der Waals surface area contributed by atoms with E-state index in [1.54, 1.807) is 0 Å². The number of benzene rings is 11. The summed E-state index contributed by atoms with van der Waals surface area (Å²) < 4.78 is 0. The molecule has 0 N–H and O–H groups in total. The molecule has 1 unspecified atom stereocenters. The summed E-state index contributed by atoms with van der Waals surface area (Å²) in [6.07, 6.45) is 8.99. The number of nitrogens with zero attached hydrogens (tertiary/aromatic N) is 1. The molecule has 0 amide bonds. The normalized spacial score (nSPS) is 16.6. The summed E-state index contributed by atoms with van der Waals surface area (Å²) in [6.45, 7) is 0. The van der Waals surface area contributed by atoms with Gasteiger partial charge in [-0.2, -0.15) is 0 Å². The Bertz CT molecular complexity index is 4010. The summed E-state index contributed by atoms with van der Waals surface area (Å²) in [5, 5.41) is 0. The van der Waals surface area contributed by atoms with Crippen molar-refractivity contribution in [1.29, 1.82) is 0 Å². The van der Waals surface area contributed by atoms with Crippen LogP contribution in [0.25, 0.3) is 33.4 Å². The maximum Gasteiger partial charge on any atom is 0.0713 e. The Balaban J connectivity index is 0.984. The van der Waals surface area contributed by atoms with Crippen LogP contribution in [-0.4, -0.2) is 0 Å². The molecule has 0 fully saturated rings. The van der Waals surface area contributed by atoms with E-state index in [2.05, 4.69) is 302 Å². The Labute approximate surface area is 446 Å². The average molecular weight is 968 g/mol. The van der Waals surface area contributed by atoms with Crippen LogP contribution in [0.3, 0.4) is 0 Å². The van der Waals surface area contributed by atoms with E-state index in [1.807, 2.05) is 0 Å². The van der Waals surface area contributed by atoms with Gasteiger partial charge in [0.05, 0.1) is 16.2 Å². The summed E-state index contributed by atoms with van der Waals surface area (Å²) in [5.41, 5.74) is 25.1. The van der Waals surface area contributed by atoms with Gasteiger partial charge in [-0.1, -0.05) is 266 Å². The molecule has 1 heteroatoms. The molecule has 4 aliphatic rings. The molecule has 0 aromatic heterocycles. The first kappa shape index (κ1) is 44.2. The maximum absolute atomic E-state index is 2.53. The molecule has 11 aromatic carbocycles. The zero-order valence-electron chi connectivity index (χ0n) is 42.2. The van der Waals surface area contributed by atoms with E-state index in [0.717, 1.165) is 29.9 Å². The number of rotatable bonds is 9. The van der Waals surface area contributed by atoms with Gasteiger partial charge >= 0.3 is 0 Å². The summed E-state index contributed by atoms with van der Waals surface area (Å²) >= 11 is 0. The van der Waals surface area contributed by atoms with Gasteiger partial charge in [0.1, 0.15) is 0 Å². The molecule has 1 atom stereocenters. The van der Waals surface area contributed by atoms with Gasteiger partial charge in [0.15, 0.2) is 0 Å². The molecule has 76 heavy (non-hydrogen) atoms. The molecule has 4 aliphatic carbocycles. The van der Waals surface area contributed by atoms with Gasteiger partial charge in [0.2, 0.25) is 0 Å². The van der Waals surface area contributed by atoms with Gasteiger partial charge in [-0.15, -0.1) is 0 Å². The molecule has 358 valence electrons. The van der Waals surface area contributed by atoms with Gasteiger partial charge < -0.3 is 4.90 Å². The van der Waals surface area contributed by atoms with Crippen LogP contribution in [-0.2, 0) is 16.2 Å². The highest BCUT2D eigenvalue weighted by atomic mass is 15.1. The van der Waals surface area contributed by atoms with Crippen molar-refractivity contribution in [1.82, 2.24) is 0 Å². The quantitative estimate of drug-likeness (QED) is 0.139. The number of hydrogen-bond acceptors (Lipinski definition) is 1. The molecule has 0 bridgehead atoms. The van der Waals surface area contributed by atoms with Crippen LogP contribution in [0.5, 0.6) is 0 Å². The standard InChI is InChI=1S/C75H53N/c1-6-24-52(25-7-1)73(53-26-8-2-9-27-53)70-41-23-19-37-64(70)66-50-59(47-49-71(66)73)76(58-44-42-57(43-45-58)74(54-28-10-3-11-29-54)67-38-20-16-34-61(67)62-35-17-21-39-68(62)74)60-46-48-65-63-36-18-22-40-69(63)75(72(65)51-60,55-30-12-4-13-31-55)56-32-14-5-15-33-56/h1-14,16-32,34-51H,15,33H2. The fraction of sp³-hybridized carbons (Fsp3) is 0.0667. The zero-order chi connectivity index (χ0) is 50.3. The summed E-state index contributed by atoms with van der Waals surface area (Å²) in [6, 6.07) is 105. The maximum atomic E-state index is 2.53. The van der Waals surface area contributed by atoms with Crippen LogP contribution >= 0.6 is 0 Å². The second kappa shape index (κ2) is 17.4. The Morgan fingerprint density at radius 1 is 0.263 bits per heavy atom. The van der Waals surface area contributed by atoms with Gasteiger partial charge in [0.25, 0.3) is 0 Å². The van der Waals surface area contributed by atoms with Crippen LogP contribution < -0.4 is 4.90 Å². The van der Waals surface area contributed by atoms with Gasteiger partial charge in [0, 0.05) is 17.1 Å². The lowest BCUT2D eigenvalue weighted by Gasteiger charge is -2.37. The second-order valence-electron chi connectivity index (χ2n) is 20.9. The van der Waals surface area contributed by atoms with E-state index < -0.39 is 16.2 Å². The minimum Gasteiger partial charge on any atom is -0.310 e. The third-order valence-corrected chi connectivity index (χ3v) is 17.4. The van der Waals surface area contributed by atoms with Crippen LogP contribution in [0.1, 0.15) is 74.0 Å². The largest absolute Gasteiger partial charge is 0.310 e. The molecule has 0 saturated heterocycles. The molecule has 0 radical (unpaired) electrons. The topological polar surface area (TPSA) is 3.24 Å². The Morgan fingerprint density at radius 3 is 1.09 bits per heavy atom. The van der Waals surface area contributed by atoms with E-state index >= 15 is 0 Å². The van der Waals surface area contributed by atoms with Gasteiger partial charge in [-0.25, -0.2) is 0 Å². The van der Waals surface area contributed by atoms with E-state index in [9.17, 15) is 0 Å². The third-order valence-electron chi connectivity index (χ3n) is 17.4. The van der Waals surface area contributed by atoms with Crippen molar-refractivity contribution >= 4 is 17.1 Å². The van der Waals surface area contributed by atoms with E-state index in [4.69, 9.17) is 0 Å². The fourth-order valence-electron chi connectivity index (χ4n) is 14.4. The molecule has 1 nitrogen and oxygen atoms in total. The van der Waals surface area contributed by atoms with Crippen molar-refractivity contribution in [3.8, 4) is 33.4 Å². The van der Waals surface area contributed by atoms with Crippen molar-refractivity contribution in [2.24, 2.45) is 0 Å². The molecule has 0 spiro atoms. The molecule has 0 aliphatic heterocycles. The zero-order valence-corrected chi connectivity index (χ0v) is 42.2. The van der Waals surface area contributed by atoms with Crippen molar-refractivity contribution in [2.75, 3.05) is 4.90 Å². The van der Waals surface area contributed by atoms with Crippen molar-refractivity contribution < 1.29 is 0 Å². The molecular formula is C75H53N. The number of hydrogen-bond donors (Lipinski definition) is 0. The summed E-state index contributed by atoms with van der Waals surface area (Å²) in [4.78, 5) is 2.53. The van der Waals surface area contributed by atoms with Crippen LogP contribution in [0.2, 0.25) is 0 Å². The van der Waals surface area contributed by atoms with Crippen molar-refractivity contribution in [3.05, 3.63) is 364 Å². The Kier molecular flexibility index (Phi) is 10.1. The first-order valence-corrected chi connectivity index (χ1v) is 26.9. The average Bonchev–Trinajstić information content (AvgIpc) is 4.10. The molecule has 11 aromatic rings. The van der Waals surface area contributed by atoms with Gasteiger partial charge in [-0.05, 0) is 144 Å². The lowest BCUT2D eigenvalue weighted by molar-refractivity contribution is 0.693. The Morgan fingerprint density at radius 2 is 0.618 bits per heavy atom. The first-order valence-electron chi connectivity index (χ1n) is 26.9. The highest BCUT2D eigenvalue weighted by Crippen LogP contribution is 2.61. The minimum absolute atomic E-state index is 0.476. The van der Waals surface area contributed by atoms with Crippen LogP contribution in [0.15, 0.2) is 303 Å². The van der Waals surface area contributed by atoms with Crippen molar-refractivity contribution in [2.45, 2.75) is 29.1 Å². The predicted molar refractivity (Wildman–Crippen MR) is 314 cm³/mol. The summed E-state index contributed by atoms with van der Waals surface area (Å²) in [7, 11) is 0. The van der Waals surface area contributed by atoms with E-state index in [-0.39, 0.29) is 0 Å². The molecule has 15 rings (SSSR count). The third kappa shape index (κ3) is 6.14. The molecule has 0 heterocycles. The Hall–Kier alpha value is -9.30. The number of fused-ring (bicyclic) bond motifs is 9. The smallest absolute Gasteiger partial charge is 0.0713 e. The molecule has 0 saturated carbocycles. The molecular weight excluding hydrogens is 915 g/mol. The summed E-state index contributed by atoms with van der Waals surface area (Å²) in [5.74, 6) is 0. The van der Waals surface area contributed by atoms with E-state index in [0.29, 0.717) is 0 Å². The highest BCUT2D eigenvalue weighted by molar-refractivity contribution is 5.93.